The molecule has 0 rings (SSSR count). The molecule has 1 amide bonds. The first kappa shape index (κ1) is 7.26. The summed E-state index contributed by atoms with van der Waals surface area (Å²) in [6.07, 6.45) is -6.16. The first-order valence-electron chi connectivity index (χ1n) is 1.73. The molecule has 1 radical (unpaired) electrons. The number of amides is 1. The molecule has 0 aliphatic carbocycles. The van der Waals surface area contributed by atoms with Crippen LogP contribution in [0.5, 0.6) is 0 Å². The van der Waals surface area contributed by atoms with E-state index in [1.54, 1.807) is 0 Å². The van der Waals surface area contributed by atoms with Gasteiger partial charge in [0.15, 0.2) is 0 Å². The lowest BCUT2D eigenvalue weighted by Crippen LogP contribution is -2.14. The Morgan fingerprint density at radius 2 is 1.88 bits per heavy atom. The fourth-order valence-corrected chi connectivity index (χ4v) is 0.182. The number of carbonyl (C=O) groups is 1. The maximum absolute atomic E-state index is 11.0. The van der Waals surface area contributed by atoms with Crippen LogP contribution >= 0.6 is 0 Å². The van der Waals surface area contributed by atoms with E-state index in [2.05, 4.69) is 0 Å². The zero-order valence-corrected chi connectivity index (χ0v) is 3.75. The summed E-state index contributed by atoms with van der Waals surface area (Å²) in [6.45, 7) is 0. The van der Waals surface area contributed by atoms with Crippen LogP contribution in [-0.4, -0.2) is 12.1 Å². The molecule has 0 saturated carbocycles. The van der Waals surface area contributed by atoms with E-state index in [1.165, 1.54) is 0 Å². The number of hydrogen-bond donors (Lipinski definition) is 0. The van der Waals surface area contributed by atoms with Gasteiger partial charge in [0, 0.05) is 0 Å². The van der Waals surface area contributed by atoms with Gasteiger partial charge in [-0.25, -0.2) is 0 Å². The molecule has 0 fully saturated rings. The van der Waals surface area contributed by atoms with Gasteiger partial charge in [0.2, 0.25) is 5.91 Å². The Hall–Kier alpha value is -0.740. The lowest BCUT2D eigenvalue weighted by atomic mass is 10.4. The average Bonchev–Trinajstić information content (AvgIpc) is 1.21. The summed E-state index contributed by atoms with van der Waals surface area (Å²) in [4.78, 5) is 9.41. The molecule has 0 unspecified atom stereocenters. The standard InChI is InChI=1S/C3H3F3NO/c4-3(5,6)1-2(7)8/h7H,1H2. The summed E-state index contributed by atoms with van der Waals surface area (Å²) in [5, 5.41) is 0. The molecule has 47 valence electrons. The molecule has 0 spiro atoms. The molecule has 0 aliphatic heterocycles. The third-order valence-electron chi connectivity index (χ3n) is 0.361. The molecule has 0 heterocycles. The Kier molecular flexibility index (Phi) is 1.83. The number of hydrogen-bond acceptors (Lipinski definition) is 1. The van der Waals surface area contributed by atoms with Crippen LogP contribution in [0.1, 0.15) is 6.42 Å². The molecule has 0 atom stereocenters. The lowest BCUT2D eigenvalue weighted by Gasteiger charge is -1.98. The van der Waals surface area contributed by atoms with Gasteiger partial charge in [-0.2, -0.15) is 13.2 Å². The Labute approximate surface area is 43.5 Å². The maximum atomic E-state index is 11.0. The van der Waals surface area contributed by atoms with Crippen molar-refractivity contribution in [3.05, 3.63) is 0 Å². The van der Waals surface area contributed by atoms with E-state index in [0.717, 1.165) is 0 Å². The minimum absolute atomic E-state index is 1.60. The van der Waals surface area contributed by atoms with Crippen molar-refractivity contribution < 1.29 is 18.0 Å². The van der Waals surface area contributed by atoms with E-state index in [4.69, 9.17) is 5.73 Å². The molecule has 2 nitrogen and oxygen atoms in total. The van der Waals surface area contributed by atoms with Crippen molar-refractivity contribution in [2.24, 2.45) is 0 Å². The zero-order valence-electron chi connectivity index (χ0n) is 3.75. The summed E-state index contributed by atoms with van der Waals surface area (Å²) >= 11 is 0. The highest BCUT2D eigenvalue weighted by Crippen LogP contribution is 2.18. The first-order chi connectivity index (χ1) is 3.42. The highest BCUT2D eigenvalue weighted by atomic mass is 19.4. The second kappa shape index (κ2) is 2.02. The Bertz CT molecular complexity index is 97.2. The first-order valence-corrected chi connectivity index (χ1v) is 1.73. The molecule has 0 aromatic carbocycles. The molecule has 1 N–H and O–H groups in total. The number of halogens is 3. The SMILES string of the molecule is [NH]C(=O)CC(F)(F)F. The summed E-state index contributed by atoms with van der Waals surface area (Å²) in [6, 6.07) is 0. The van der Waals surface area contributed by atoms with Crippen LogP contribution < -0.4 is 5.73 Å². The Morgan fingerprint density at radius 1 is 1.50 bits per heavy atom. The molecule has 5 heteroatoms. The van der Waals surface area contributed by atoms with Crippen LogP contribution in [0.2, 0.25) is 0 Å². The minimum Gasteiger partial charge on any atom is -0.273 e. The van der Waals surface area contributed by atoms with Gasteiger partial charge in [-0.15, -0.1) is 0 Å². The van der Waals surface area contributed by atoms with Crippen molar-refractivity contribution in [1.82, 2.24) is 5.73 Å². The Morgan fingerprint density at radius 3 is 1.88 bits per heavy atom. The van der Waals surface area contributed by atoms with Crippen molar-refractivity contribution in [3.8, 4) is 0 Å². The molecule has 0 aromatic rings. The molecular formula is C3H3F3NO. The van der Waals surface area contributed by atoms with Crippen LogP contribution in [-0.2, 0) is 4.79 Å². The molecule has 0 bridgehead atoms. The number of alkyl halides is 3. The van der Waals surface area contributed by atoms with Crippen molar-refractivity contribution in [3.63, 3.8) is 0 Å². The third kappa shape index (κ3) is 5.26. The number of carbonyl (C=O) groups excluding carboxylic acids is 1. The van der Waals surface area contributed by atoms with E-state index in [1.807, 2.05) is 0 Å². The van der Waals surface area contributed by atoms with Gasteiger partial charge in [0.05, 0.1) is 0 Å². The van der Waals surface area contributed by atoms with Gasteiger partial charge >= 0.3 is 6.18 Å². The number of nitrogens with one attached hydrogen (secondary N) is 1. The monoisotopic (exact) mass is 126 g/mol. The lowest BCUT2D eigenvalue weighted by molar-refractivity contribution is -0.151. The average molecular weight is 126 g/mol. The van der Waals surface area contributed by atoms with Gasteiger partial charge in [0.25, 0.3) is 0 Å². The largest absolute Gasteiger partial charge is 0.397 e. The summed E-state index contributed by atoms with van der Waals surface area (Å²) in [7, 11) is 0. The molecule has 0 aromatic heterocycles. The van der Waals surface area contributed by atoms with Gasteiger partial charge in [-0.3, -0.25) is 10.5 Å². The van der Waals surface area contributed by atoms with Gasteiger partial charge < -0.3 is 0 Å². The Balaban J connectivity index is 3.55. The number of rotatable bonds is 1. The van der Waals surface area contributed by atoms with E-state index in [-0.39, 0.29) is 0 Å². The van der Waals surface area contributed by atoms with E-state index >= 15 is 0 Å². The smallest absolute Gasteiger partial charge is 0.273 e. The predicted molar refractivity (Wildman–Crippen MR) is 18.8 cm³/mol. The van der Waals surface area contributed by atoms with Crippen LogP contribution in [0.3, 0.4) is 0 Å². The quantitative estimate of drug-likeness (QED) is 0.511. The summed E-state index contributed by atoms with van der Waals surface area (Å²) < 4.78 is 32.9. The second-order valence-electron chi connectivity index (χ2n) is 1.22. The molecular weight excluding hydrogens is 123 g/mol. The van der Waals surface area contributed by atoms with E-state index in [0.29, 0.717) is 0 Å². The van der Waals surface area contributed by atoms with Crippen molar-refractivity contribution in [2.45, 2.75) is 12.6 Å². The third-order valence-corrected chi connectivity index (χ3v) is 0.361. The van der Waals surface area contributed by atoms with Gasteiger partial charge in [0.1, 0.15) is 6.42 Å². The fourth-order valence-electron chi connectivity index (χ4n) is 0.182. The molecule has 8 heavy (non-hydrogen) atoms. The highest BCUT2D eigenvalue weighted by molar-refractivity contribution is 5.73. The summed E-state index contributed by atoms with van der Waals surface area (Å²) in [5.41, 5.74) is 5.87. The van der Waals surface area contributed by atoms with Gasteiger partial charge in [-0.05, 0) is 0 Å². The summed E-state index contributed by atoms with van der Waals surface area (Å²) in [5.74, 6) is -1.60. The normalized spacial score (nSPS) is 11.4. The fraction of sp³-hybridized carbons (Fsp3) is 0.667. The molecule has 0 saturated heterocycles. The van der Waals surface area contributed by atoms with Gasteiger partial charge in [-0.1, -0.05) is 0 Å². The van der Waals surface area contributed by atoms with Crippen LogP contribution in [0.4, 0.5) is 13.2 Å². The maximum Gasteiger partial charge on any atom is 0.397 e. The second-order valence-corrected chi connectivity index (χ2v) is 1.22. The topological polar surface area (TPSA) is 40.9 Å². The van der Waals surface area contributed by atoms with E-state index < -0.39 is 18.5 Å². The van der Waals surface area contributed by atoms with Crippen LogP contribution in [0.25, 0.3) is 0 Å². The van der Waals surface area contributed by atoms with Crippen LogP contribution in [0.15, 0.2) is 0 Å². The van der Waals surface area contributed by atoms with Crippen molar-refractivity contribution in [2.75, 3.05) is 0 Å². The van der Waals surface area contributed by atoms with Crippen molar-refractivity contribution in [1.29, 1.82) is 0 Å². The van der Waals surface area contributed by atoms with E-state index in [9.17, 15) is 18.0 Å². The predicted octanol–water partition coefficient (Wildman–Crippen LogP) is 0.748. The highest BCUT2D eigenvalue weighted by Gasteiger charge is 2.29. The van der Waals surface area contributed by atoms with Crippen LogP contribution in [0, 0.1) is 0 Å². The molecule has 0 aliphatic rings. The van der Waals surface area contributed by atoms with Crippen molar-refractivity contribution >= 4 is 5.91 Å². The zero-order chi connectivity index (χ0) is 6.78. The minimum atomic E-state index is -4.52.